The zero-order valence-electron chi connectivity index (χ0n) is 25.4. The van der Waals surface area contributed by atoms with Crippen LogP contribution in [0.15, 0.2) is 48.7 Å². The number of nitrogens with zero attached hydrogens (tertiary/aromatic N) is 6. The molecule has 1 amide bonds. The molecular formula is C32H35F2N7O5. The molecule has 4 heterocycles. The topological polar surface area (TPSA) is 136 Å². The second-order valence-corrected chi connectivity index (χ2v) is 11.4. The van der Waals surface area contributed by atoms with E-state index < -0.39 is 31.1 Å². The molecule has 2 N–H and O–H groups in total. The number of rotatable bonds is 9. The van der Waals surface area contributed by atoms with Crippen molar-refractivity contribution < 1.29 is 32.9 Å². The van der Waals surface area contributed by atoms with E-state index in [0.29, 0.717) is 23.2 Å². The summed E-state index contributed by atoms with van der Waals surface area (Å²) in [5.41, 5.74) is 2.34. The molecule has 46 heavy (non-hydrogen) atoms. The first-order valence-electron chi connectivity index (χ1n) is 15.1. The third-order valence-corrected chi connectivity index (χ3v) is 8.55. The highest BCUT2D eigenvalue weighted by molar-refractivity contribution is 5.77. The minimum Gasteiger partial charge on any atom is -0.495 e. The Morgan fingerprint density at radius 2 is 1.93 bits per heavy atom. The number of piperidine rings is 1. The van der Waals surface area contributed by atoms with Crippen molar-refractivity contribution in [2.75, 3.05) is 76.4 Å². The monoisotopic (exact) mass is 635 g/mol. The summed E-state index contributed by atoms with van der Waals surface area (Å²) in [6.07, 6.45) is -0.102. The number of benzene rings is 2. The summed E-state index contributed by atoms with van der Waals surface area (Å²) in [4.78, 5) is 26.3. The van der Waals surface area contributed by atoms with Gasteiger partial charge >= 0.3 is 5.92 Å². The maximum Gasteiger partial charge on any atom is 0.301 e. The van der Waals surface area contributed by atoms with Gasteiger partial charge in [0, 0.05) is 62.7 Å². The number of methoxy groups -OCH3 is 1. The van der Waals surface area contributed by atoms with Crippen LogP contribution in [0, 0.1) is 11.3 Å². The molecule has 3 fully saturated rings. The lowest BCUT2D eigenvalue weighted by Gasteiger charge is -2.43. The number of nitriles is 1. The highest BCUT2D eigenvalue weighted by Crippen LogP contribution is 2.35. The normalized spacial score (nSPS) is 20.0. The molecule has 242 valence electrons. The van der Waals surface area contributed by atoms with Crippen molar-refractivity contribution in [3.05, 3.63) is 54.2 Å². The molecule has 0 spiro atoms. The zero-order chi connectivity index (χ0) is 32.3. The standard InChI is InChI=1S/C32H35F2N7O5/c1-44-27-15-23(3-4-25(27)40-12-10-39(11-13-40)24-18-45-19-24)37-29-6-8-36-31(38-29)21-2-5-26(22(14-21)16-35)46-28-7-9-41(30(43)17-42)20-32(28,33)34/h2-6,8,14-15,24,28,42H,7,9-13,17-20H2,1H3,(H,36,37,38)/t28-/m0/s1. The van der Waals surface area contributed by atoms with Gasteiger partial charge in [-0.1, -0.05) is 0 Å². The highest BCUT2D eigenvalue weighted by Gasteiger charge is 2.47. The van der Waals surface area contributed by atoms with Crippen LogP contribution in [0.25, 0.3) is 11.4 Å². The molecule has 0 aliphatic carbocycles. The van der Waals surface area contributed by atoms with E-state index >= 15 is 0 Å². The van der Waals surface area contributed by atoms with E-state index in [1.165, 1.54) is 12.1 Å². The number of anilines is 3. The molecule has 1 aromatic heterocycles. The Hall–Kier alpha value is -4.58. The molecule has 3 aromatic rings. The van der Waals surface area contributed by atoms with Crippen molar-refractivity contribution in [3.63, 3.8) is 0 Å². The summed E-state index contributed by atoms with van der Waals surface area (Å²) < 4.78 is 46.3. The Labute approximate surface area is 265 Å². The average molecular weight is 636 g/mol. The number of carbonyl (C=O) groups is 1. The van der Waals surface area contributed by atoms with Crippen LogP contribution in [0.5, 0.6) is 11.5 Å². The quantitative estimate of drug-likeness (QED) is 0.359. The van der Waals surface area contributed by atoms with Gasteiger partial charge in [0.1, 0.15) is 30.0 Å². The van der Waals surface area contributed by atoms with Gasteiger partial charge in [-0.3, -0.25) is 9.69 Å². The lowest BCUT2D eigenvalue weighted by atomic mass is 10.0. The number of aliphatic hydroxyl groups is 1. The summed E-state index contributed by atoms with van der Waals surface area (Å²) in [5.74, 6) is -2.55. The Morgan fingerprint density at radius 1 is 1.13 bits per heavy atom. The van der Waals surface area contributed by atoms with Crippen molar-refractivity contribution in [2.45, 2.75) is 24.5 Å². The zero-order valence-corrected chi connectivity index (χ0v) is 25.4. The van der Waals surface area contributed by atoms with Crippen molar-refractivity contribution in [2.24, 2.45) is 0 Å². The van der Waals surface area contributed by atoms with Gasteiger partial charge in [-0.2, -0.15) is 5.26 Å². The van der Waals surface area contributed by atoms with Crippen LogP contribution in [0.3, 0.4) is 0 Å². The van der Waals surface area contributed by atoms with Gasteiger partial charge in [-0.15, -0.1) is 0 Å². The van der Waals surface area contributed by atoms with E-state index in [9.17, 15) is 18.8 Å². The maximum atomic E-state index is 14.8. The molecule has 6 rings (SSSR count). The Morgan fingerprint density at radius 3 is 2.61 bits per heavy atom. The molecule has 0 unspecified atom stereocenters. The van der Waals surface area contributed by atoms with Gasteiger partial charge in [0.15, 0.2) is 11.9 Å². The van der Waals surface area contributed by atoms with Gasteiger partial charge in [0.05, 0.1) is 44.2 Å². The smallest absolute Gasteiger partial charge is 0.301 e. The Bertz CT molecular complexity index is 1610. The summed E-state index contributed by atoms with van der Waals surface area (Å²) in [5, 5.41) is 22.1. The molecule has 3 aliphatic heterocycles. The molecule has 0 bridgehead atoms. The van der Waals surface area contributed by atoms with Gasteiger partial charge in [-0.05, 0) is 36.4 Å². The van der Waals surface area contributed by atoms with Gasteiger partial charge in [-0.25, -0.2) is 18.7 Å². The summed E-state index contributed by atoms with van der Waals surface area (Å²) in [6, 6.07) is 14.7. The Balaban J connectivity index is 1.13. The molecule has 1 atom stereocenters. The molecular weight excluding hydrogens is 600 g/mol. The number of hydrogen-bond donors (Lipinski definition) is 2. The summed E-state index contributed by atoms with van der Waals surface area (Å²) in [6.45, 7) is 3.67. The lowest BCUT2D eigenvalue weighted by molar-refractivity contribution is -0.161. The number of aliphatic hydroxyl groups excluding tert-OH is 1. The molecule has 12 nitrogen and oxygen atoms in total. The number of halogens is 2. The van der Waals surface area contributed by atoms with Crippen LogP contribution in [0.1, 0.15) is 12.0 Å². The second kappa shape index (κ2) is 13.4. The van der Waals surface area contributed by atoms with Crippen LogP contribution in [0.2, 0.25) is 0 Å². The number of amides is 1. The highest BCUT2D eigenvalue weighted by atomic mass is 19.3. The molecule has 14 heteroatoms. The van der Waals surface area contributed by atoms with E-state index in [0.717, 1.165) is 61.4 Å². The van der Waals surface area contributed by atoms with E-state index in [1.807, 2.05) is 24.3 Å². The fourth-order valence-corrected chi connectivity index (χ4v) is 5.88. The minimum atomic E-state index is -3.36. The number of carbonyl (C=O) groups excluding carboxylic acids is 1. The number of likely N-dealkylation sites (tertiary alicyclic amines) is 1. The molecule has 3 aliphatic rings. The maximum absolute atomic E-state index is 14.8. The number of piperazine rings is 1. The third-order valence-electron chi connectivity index (χ3n) is 8.55. The van der Waals surface area contributed by atoms with Crippen LogP contribution >= 0.6 is 0 Å². The van der Waals surface area contributed by atoms with Crippen molar-refractivity contribution in [1.82, 2.24) is 19.8 Å². The first kappa shape index (κ1) is 31.4. The van der Waals surface area contributed by atoms with Crippen molar-refractivity contribution in [1.29, 1.82) is 5.26 Å². The minimum absolute atomic E-state index is 0.00204. The van der Waals surface area contributed by atoms with Crippen LogP contribution < -0.4 is 19.7 Å². The van der Waals surface area contributed by atoms with Crippen LogP contribution in [-0.4, -0.2) is 115 Å². The predicted octanol–water partition coefficient (Wildman–Crippen LogP) is 2.90. The van der Waals surface area contributed by atoms with Gasteiger partial charge < -0.3 is 34.4 Å². The molecule has 3 saturated heterocycles. The number of aromatic nitrogens is 2. The number of ether oxygens (including phenoxy) is 3. The van der Waals surface area contributed by atoms with Crippen LogP contribution in [-0.2, 0) is 9.53 Å². The molecule has 2 aromatic carbocycles. The average Bonchev–Trinajstić information content (AvgIpc) is 3.05. The molecule has 0 radical (unpaired) electrons. The fourth-order valence-electron chi connectivity index (χ4n) is 5.88. The Kier molecular flexibility index (Phi) is 9.16. The second-order valence-electron chi connectivity index (χ2n) is 11.4. The van der Waals surface area contributed by atoms with Gasteiger partial charge in [0.25, 0.3) is 0 Å². The number of alkyl halides is 2. The van der Waals surface area contributed by atoms with Crippen molar-refractivity contribution in [3.8, 4) is 29.0 Å². The van der Waals surface area contributed by atoms with Gasteiger partial charge in [0.2, 0.25) is 5.91 Å². The third kappa shape index (κ3) is 6.67. The number of nitrogens with one attached hydrogen (secondary N) is 1. The van der Waals surface area contributed by atoms with Crippen molar-refractivity contribution >= 4 is 23.1 Å². The first-order chi connectivity index (χ1) is 22.3. The van der Waals surface area contributed by atoms with Crippen LogP contribution in [0.4, 0.5) is 26.0 Å². The SMILES string of the molecule is COc1cc(Nc2ccnc(-c3ccc(O[C@H]4CCN(C(=O)CO)CC4(F)F)c(C#N)c3)n2)ccc1N1CCN(C2COC2)CC1. The van der Waals surface area contributed by atoms with E-state index in [4.69, 9.17) is 19.3 Å². The largest absolute Gasteiger partial charge is 0.495 e. The van der Waals surface area contributed by atoms with E-state index in [-0.39, 0.29) is 24.3 Å². The van der Waals surface area contributed by atoms with E-state index in [1.54, 1.807) is 25.4 Å². The summed E-state index contributed by atoms with van der Waals surface area (Å²) >= 11 is 0. The molecule has 0 saturated carbocycles. The lowest BCUT2D eigenvalue weighted by Crippen LogP contribution is -2.56. The first-order valence-corrected chi connectivity index (χ1v) is 15.1. The fraction of sp³-hybridized carbons (Fsp3) is 0.438. The van der Waals surface area contributed by atoms with E-state index in [2.05, 4.69) is 25.1 Å². The predicted molar refractivity (Wildman–Crippen MR) is 164 cm³/mol. The summed E-state index contributed by atoms with van der Waals surface area (Å²) in [7, 11) is 1.65. The number of hydrogen-bond acceptors (Lipinski definition) is 11.